The number of hydrogen-bond donors (Lipinski definition) is 1. The van der Waals surface area contributed by atoms with Crippen molar-refractivity contribution in [2.24, 2.45) is 5.92 Å². The fourth-order valence-electron chi connectivity index (χ4n) is 4.19. The van der Waals surface area contributed by atoms with Crippen LogP contribution in [0.5, 0.6) is 0 Å². The maximum atomic E-state index is 14.7. The van der Waals surface area contributed by atoms with E-state index in [1.165, 1.54) is 6.07 Å². The predicted octanol–water partition coefficient (Wildman–Crippen LogP) is 3.69. The Labute approximate surface area is 192 Å². The first kappa shape index (κ1) is 22.7. The van der Waals surface area contributed by atoms with E-state index in [-0.39, 0.29) is 35.3 Å². The van der Waals surface area contributed by atoms with E-state index in [0.29, 0.717) is 25.3 Å². The molecule has 2 aliphatic rings. The normalized spacial score (nSPS) is 21.5. The van der Waals surface area contributed by atoms with Crippen LogP contribution in [0.2, 0.25) is 0 Å². The lowest BCUT2D eigenvalue weighted by atomic mass is 9.93. The highest BCUT2D eigenvalue weighted by Gasteiger charge is 2.40. The fraction of sp³-hybridized carbons (Fsp3) is 0.458. The van der Waals surface area contributed by atoms with Crippen LogP contribution in [0.4, 0.5) is 4.39 Å². The molecule has 1 aliphatic carbocycles. The fourth-order valence-corrected chi connectivity index (χ4v) is 4.46. The third kappa shape index (κ3) is 5.13. The van der Waals surface area contributed by atoms with Gasteiger partial charge in [-0.15, -0.1) is 0 Å². The smallest absolute Gasteiger partial charge is 0.327 e. The molecule has 0 N–H and O–H groups in total. The van der Waals surface area contributed by atoms with Crippen molar-refractivity contribution in [3.63, 3.8) is 0 Å². The number of benzene rings is 1. The number of piperidine rings is 1. The minimum Gasteiger partial charge on any atom is -0.465 e. The second-order valence-electron chi connectivity index (χ2n) is 8.31. The molecule has 6 nitrogen and oxygen atoms in total. The van der Waals surface area contributed by atoms with Crippen molar-refractivity contribution >= 4 is 30.5 Å². The van der Waals surface area contributed by atoms with Gasteiger partial charge in [-0.05, 0) is 50.0 Å². The van der Waals surface area contributed by atoms with E-state index in [9.17, 15) is 14.0 Å². The topological polar surface area (TPSA) is 64.4 Å². The number of esters is 1. The summed E-state index contributed by atoms with van der Waals surface area (Å²) in [4.78, 5) is 27.1. The molecule has 2 heterocycles. The molecule has 0 radical (unpaired) electrons. The average Bonchev–Trinajstić information content (AvgIpc) is 3.54. The summed E-state index contributed by atoms with van der Waals surface area (Å²) in [5, 5.41) is 4.24. The highest BCUT2D eigenvalue weighted by molar-refractivity contribution is 7.81. The number of rotatable bonds is 8. The van der Waals surface area contributed by atoms with Crippen molar-refractivity contribution < 1.29 is 18.7 Å². The van der Waals surface area contributed by atoms with Gasteiger partial charge in [0.05, 0.1) is 18.3 Å². The van der Waals surface area contributed by atoms with Crippen LogP contribution in [0.1, 0.15) is 43.5 Å². The molecule has 8 heteroatoms. The molecule has 1 aromatic heterocycles. The van der Waals surface area contributed by atoms with Gasteiger partial charge in [0.1, 0.15) is 12.4 Å². The van der Waals surface area contributed by atoms with Crippen LogP contribution in [0.25, 0.3) is 6.08 Å². The largest absolute Gasteiger partial charge is 0.465 e. The number of ether oxygens (including phenoxy) is 1. The highest BCUT2D eigenvalue weighted by Crippen LogP contribution is 2.39. The summed E-state index contributed by atoms with van der Waals surface area (Å²) in [5.74, 6) is -0.582. The number of thiol groups is 1. The molecule has 0 bridgehead atoms. The Kier molecular flexibility index (Phi) is 7.10. The summed E-state index contributed by atoms with van der Waals surface area (Å²) < 4.78 is 21.3. The third-order valence-electron chi connectivity index (χ3n) is 5.98. The van der Waals surface area contributed by atoms with Crippen molar-refractivity contribution in [2.75, 3.05) is 19.7 Å². The highest BCUT2D eigenvalue weighted by atomic mass is 32.1. The molecule has 2 unspecified atom stereocenters. The molecule has 2 fully saturated rings. The molecule has 32 heavy (non-hydrogen) atoms. The first-order chi connectivity index (χ1) is 15.5. The quantitative estimate of drug-likeness (QED) is 0.484. The number of likely N-dealkylation sites (tertiary alicyclic amines) is 1. The van der Waals surface area contributed by atoms with Gasteiger partial charge >= 0.3 is 5.97 Å². The van der Waals surface area contributed by atoms with Crippen molar-refractivity contribution in [2.45, 2.75) is 44.0 Å². The van der Waals surface area contributed by atoms with Gasteiger partial charge in [-0.3, -0.25) is 19.2 Å². The Morgan fingerprint density at radius 3 is 2.78 bits per heavy atom. The number of hydrogen-bond acceptors (Lipinski definition) is 6. The van der Waals surface area contributed by atoms with Crippen molar-refractivity contribution in [1.82, 2.24) is 14.7 Å². The predicted molar refractivity (Wildman–Crippen MR) is 123 cm³/mol. The molecule has 0 amide bonds. The number of Topliss-reactive ketones (excluding diaryl/α,β-unsaturated/α-hetero) is 1. The summed E-state index contributed by atoms with van der Waals surface area (Å²) in [7, 11) is 0. The van der Waals surface area contributed by atoms with E-state index in [4.69, 9.17) is 17.4 Å². The van der Waals surface area contributed by atoms with Crippen LogP contribution in [0.3, 0.4) is 0 Å². The third-order valence-corrected chi connectivity index (χ3v) is 6.57. The summed E-state index contributed by atoms with van der Waals surface area (Å²) in [5.41, 5.74) is 2.22. The summed E-state index contributed by atoms with van der Waals surface area (Å²) >= 11 is 4.75. The molecule has 2 atom stereocenters. The Balaban J connectivity index is 1.60. The summed E-state index contributed by atoms with van der Waals surface area (Å²) in [6.45, 7) is 3.26. The van der Waals surface area contributed by atoms with Crippen LogP contribution in [-0.4, -0.2) is 51.4 Å². The van der Waals surface area contributed by atoms with Gasteiger partial charge in [-0.2, -0.15) is 17.7 Å². The van der Waals surface area contributed by atoms with Gasteiger partial charge in [-0.25, -0.2) is 4.39 Å². The first-order valence-corrected chi connectivity index (χ1v) is 11.6. The molecule has 1 aromatic carbocycles. The number of carbonyl (C=O) groups excluding carboxylic acids is 2. The van der Waals surface area contributed by atoms with Gasteiger partial charge < -0.3 is 4.74 Å². The lowest BCUT2D eigenvalue weighted by molar-refractivity contribution is -0.144. The van der Waals surface area contributed by atoms with Gasteiger partial charge in [0, 0.05) is 36.0 Å². The minimum atomic E-state index is -0.600. The number of halogens is 1. The zero-order valence-corrected chi connectivity index (χ0v) is 19.0. The molecule has 1 aliphatic heterocycles. The standard InChI is InChI=1S/C24H28FN3O3S/c1-2-31-22(29)15-28-18(9-11-26-28)13-17-14-27(12-10-21(17)32)23(24(30)16-7-8-16)19-5-3-4-6-20(19)25/h3-6,9,11,13,16,21,23,32H,2,7-8,10,12,14-15H2,1H3. The Hall–Kier alpha value is -2.45. The average molecular weight is 458 g/mol. The Morgan fingerprint density at radius 2 is 2.06 bits per heavy atom. The van der Waals surface area contributed by atoms with E-state index in [1.807, 2.05) is 12.1 Å². The van der Waals surface area contributed by atoms with Crippen molar-refractivity contribution in [1.29, 1.82) is 0 Å². The molecular weight excluding hydrogens is 429 g/mol. The van der Waals surface area contributed by atoms with Crippen LogP contribution < -0.4 is 0 Å². The van der Waals surface area contributed by atoms with Crippen LogP contribution in [0.15, 0.2) is 42.1 Å². The first-order valence-electron chi connectivity index (χ1n) is 11.1. The number of nitrogens with zero attached hydrogens (tertiary/aromatic N) is 3. The van der Waals surface area contributed by atoms with Gasteiger partial charge in [0.2, 0.25) is 0 Å². The monoisotopic (exact) mass is 457 g/mol. The number of ketones is 1. The molecule has 1 saturated carbocycles. The minimum absolute atomic E-state index is 0.00879. The van der Waals surface area contributed by atoms with Crippen LogP contribution >= 0.6 is 12.6 Å². The van der Waals surface area contributed by atoms with Crippen LogP contribution in [0, 0.1) is 11.7 Å². The zero-order valence-electron chi connectivity index (χ0n) is 18.1. The molecule has 2 aromatic rings. The second-order valence-corrected chi connectivity index (χ2v) is 8.94. The Morgan fingerprint density at radius 1 is 1.28 bits per heavy atom. The van der Waals surface area contributed by atoms with Crippen molar-refractivity contribution in [3.05, 3.63) is 59.2 Å². The van der Waals surface area contributed by atoms with E-state index >= 15 is 0 Å². The zero-order chi connectivity index (χ0) is 22.7. The van der Waals surface area contributed by atoms with Crippen LogP contribution in [-0.2, 0) is 20.9 Å². The Bertz CT molecular complexity index is 1020. The maximum Gasteiger partial charge on any atom is 0.327 e. The molecule has 4 rings (SSSR count). The SMILES string of the molecule is CCOC(=O)Cn1nccc1C=C1CN(C(C(=O)C2CC2)c2ccccc2F)CCC1S. The second kappa shape index (κ2) is 10.0. The summed E-state index contributed by atoms with van der Waals surface area (Å²) in [6, 6.07) is 7.78. The van der Waals surface area contributed by atoms with Gasteiger partial charge in [0.25, 0.3) is 0 Å². The molecular formula is C24H28FN3O3S. The van der Waals surface area contributed by atoms with Crippen molar-refractivity contribution in [3.8, 4) is 0 Å². The van der Waals surface area contributed by atoms with E-state index in [2.05, 4.69) is 10.00 Å². The van der Waals surface area contributed by atoms with Gasteiger partial charge in [-0.1, -0.05) is 18.2 Å². The number of carbonyl (C=O) groups is 2. The van der Waals surface area contributed by atoms with E-state index < -0.39 is 6.04 Å². The van der Waals surface area contributed by atoms with E-state index in [0.717, 1.165) is 30.5 Å². The van der Waals surface area contributed by atoms with E-state index in [1.54, 1.807) is 36.0 Å². The molecule has 0 spiro atoms. The summed E-state index contributed by atoms with van der Waals surface area (Å²) in [6.07, 6.45) is 6.10. The maximum absolute atomic E-state index is 14.7. The lowest BCUT2D eigenvalue weighted by Gasteiger charge is -2.37. The van der Waals surface area contributed by atoms with Gasteiger partial charge in [0.15, 0.2) is 5.78 Å². The molecule has 170 valence electrons. The number of aromatic nitrogens is 2. The lowest BCUT2D eigenvalue weighted by Crippen LogP contribution is -2.42. The molecule has 1 saturated heterocycles.